The van der Waals surface area contributed by atoms with Gasteiger partial charge < -0.3 is 19.5 Å². The number of carboxylic acid groups (broad SMARTS) is 1. The number of likely N-dealkylation sites (tertiary alicyclic amines) is 1. The van der Waals surface area contributed by atoms with Crippen LogP contribution in [0.2, 0.25) is 0 Å². The molecule has 1 saturated heterocycles. The van der Waals surface area contributed by atoms with Gasteiger partial charge in [0.1, 0.15) is 0 Å². The summed E-state index contributed by atoms with van der Waals surface area (Å²) in [5.74, 6) is -1.36. The number of hydrogen-bond acceptors (Lipinski definition) is 4. The van der Waals surface area contributed by atoms with E-state index in [4.69, 9.17) is 14.6 Å². The van der Waals surface area contributed by atoms with Crippen molar-refractivity contribution in [2.75, 3.05) is 32.9 Å². The average molecular weight is 271 g/mol. The normalized spacial score (nSPS) is 17.0. The molecule has 0 bridgehead atoms. The van der Waals surface area contributed by atoms with E-state index in [0.717, 1.165) is 25.0 Å². The third kappa shape index (κ3) is 6.35. The van der Waals surface area contributed by atoms with Crippen molar-refractivity contribution in [1.29, 1.82) is 0 Å². The summed E-state index contributed by atoms with van der Waals surface area (Å²) in [7, 11) is 0. The van der Waals surface area contributed by atoms with Crippen LogP contribution >= 0.6 is 0 Å². The van der Waals surface area contributed by atoms with Gasteiger partial charge in [0.05, 0.1) is 19.3 Å². The highest BCUT2D eigenvalue weighted by molar-refractivity contribution is 5.93. The molecule has 1 aliphatic heterocycles. The van der Waals surface area contributed by atoms with Crippen LogP contribution in [0, 0.1) is 0 Å². The summed E-state index contributed by atoms with van der Waals surface area (Å²) in [5, 5.41) is 8.45. The quantitative estimate of drug-likeness (QED) is 0.544. The number of rotatable bonds is 7. The van der Waals surface area contributed by atoms with Crippen LogP contribution in [0.1, 0.15) is 19.8 Å². The number of amides is 1. The van der Waals surface area contributed by atoms with Crippen molar-refractivity contribution in [1.82, 2.24) is 4.90 Å². The van der Waals surface area contributed by atoms with Gasteiger partial charge in [0.2, 0.25) is 5.91 Å². The van der Waals surface area contributed by atoms with Crippen molar-refractivity contribution in [3.63, 3.8) is 0 Å². The number of hydrogen-bond donors (Lipinski definition) is 1. The predicted octanol–water partition coefficient (Wildman–Crippen LogP) is 0.671. The second kappa shape index (κ2) is 8.66. The molecule has 0 aromatic heterocycles. The summed E-state index contributed by atoms with van der Waals surface area (Å²) in [6, 6.07) is 0. The van der Waals surface area contributed by atoms with Crippen LogP contribution in [0.4, 0.5) is 0 Å². The fourth-order valence-corrected chi connectivity index (χ4v) is 1.91. The van der Waals surface area contributed by atoms with E-state index < -0.39 is 5.97 Å². The highest BCUT2D eigenvalue weighted by Gasteiger charge is 2.21. The molecular weight excluding hydrogens is 250 g/mol. The molecule has 0 aromatic rings. The average Bonchev–Trinajstić information content (AvgIpc) is 2.41. The molecule has 1 rings (SSSR count). The zero-order valence-electron chi connectivity index (χ0n) is 11.2. The van der Waals surface area contributed by atoms with Crippen molar-refractivity contribution < 1.29 is 24.2 Å². The van der Waals surface area contributed by atoms with Crippen LogP contribution in [0.25, 0.3) is 0 Å². The summed E-state index contributed by atoms with van der Waals surface area (Å²) in [5.41, 5.74) is 0. The van der Waals surface area contributed by atoms with E-state index in [2.05, 4.69) is 0 Å². The number of nitrogens with zero attached hydrogens (tertiary/aromatic N) is 1. The van der Waals surface area contributed by atoms with Crippen molar-refractivity contribution in [2.45, 2.75) is 25.9 Å². The lowest BCUT2D eigenvalue weighted by Crippen LogP contribution is -2.40. The minimum atomic E-state index is -1.11. The summed E-state index contributed by atoms with van der Waals surface area (Å²) in [6.45, 7) is 4.99. The van der Waals surface area contributed by atoms with Gasteiger partial charge in [-0.05, 0) is 19.8 Å². The molecule has 0 aromatic carbocycles. The number of carboxylic acids is 1. The molecule has 1 fully saturated rings. The Morgan fingerprint density at radius 2 is 1.95 bits per heavy atom. The van der Waals surface area contributed by atoms with Gasteiger partial charge in [-0.15, -0.1) is 0 Å². The largest absolute Gasteiger partial charge is 0.478 e. The molecule has 0 radical (unpaired) electrons. The Morgan fingerprint density at radius 3 is 2.53 bits per heavy atom. The van der Waals surface area contributed by atoms with Gasteiger partial charge in [-0.2, -0.15) is 0 Å². The molecule has 1 N–H and O–H groups in total. The third-order valence-corrected chi connectivity index (χ3v) is 2.91. The molecule has 0 saturated carbocycles. The first-order chi connectivity index (χ1) is 9.13. The number of piperidine rings is 1. The molecule has 0 atom stereocenters. The first kappa shape index (κ1) is 15.7. The van der Waals surface area contributed by atoms with Gasteiger partial charge in [0.15, 0.2) is 0 Å². The van der Waals surface area contributed by atoms with E-state index in [1.165, 1.54) is 0 Å². The van der Waals surface area contributed by atoms with Crippen molar-refractivity contribution in [2.24, 2.45) is 0 Å². The van der Waals surface area contributed by atoms with Crippen molar-refractivity contribution >= 4 is 11.9 Å². The maximum absolute atomic E-state index is 11.6. The number of carbonyl (C=O) groups excluding carboxylic acids is 1. The fraction of sp³-hybridized carbons (Fsp3) is 0.692. The molecule has 1 amide bonds. The second-order valence-corrected chi connectivity index (χ2v) is 4.26. The van der Waals surface area contributed by atoms with Crippen molar-refractivity contribution in [3.8, 4) is 0 Å². The zero-order chi connectivity index (χ0) is 14.1. The molecular formula is C13H21NO5. The second-order valence-electron chi connectivity index (χ2n) is 4.26. The molecule has 1 heterocycles. The van der Waals surface area contributed by atoms with Crippen LogP contribution in [-0.4, -0.2) is 60.9 Å². The Hall–Kier alpha value is -1.40. The van der Waals surface area contributed by atoms with Crippen LogP contribution < -0.4 is 0 Å². The van der Waals surface area contributed by atoms with Gasteiger partial charge in [-0.3, -0.25) is 4.79 Å². The summed E-state index contributed by atoms with van der Waals surface area (Å²) < 4.78 is 10.8. The maximum atomic E-state index is 11.6. The third-order valence-electron chi connectivity index (χ3n) is 2.91. The topological polar surface area (TPSA) is 76.1 Å². The molecule has 0 spiro atoms. The van der Waals surface area contributed by atoms with Gasteiger partial charge in [0, 0.05) is 31.8 Å². The lowest BCUT2D eigenvalue weighted by Gasteiger charge is -2.31. The Balaban J connectivity index is 2.21. The molecule has 6 nitrogen and oxygen atoms in total. The molecule has 108 valence electrons. The Kier molecular flexibility index (Phi) is 7.14. The maximum Gasteiger partial charge on any atom is 0.328 e. The lowest BCUT2D eigenvalue weighted by atomic mass is 10.1. The standard InChI is InChI=1S/C13H21NO5/c1-2-18-9-10-19-11-5-7-14(8-6-11)12(15)3-4-13(16)17/h3-4,11H,2,5-10H2,1H3,(H,16,17)/b4-3+. The van der Waals surface area contributed by atoms with Crippen LogP contribution in [0.5, 0.6) is 0 Å². The van der Waals surface area contributed by atoms with E-state index in [0.29, 0.717) is 32.9 Å². The number of aliphatic carboxylic acids is 1. The highest BCUT2D eigenvalue weighted by Crippen LogP contribution is 2.14. The number of carbonyl (C=O) groups is 2. The zero-order valence-corrected chi connectivity index (χ0v) is 11.2. The molecule has 19 heavy (non-hydrogen) atoms. The van der Waals surface area contributed by atoms with Crippen LogP contribution in [-0.2, 0) is 19.1 Å². The van der Waals surface area contributed by atoms with Crippen LogP contribution in [0.3, 0.4) is 0 Å². The van der Waals surface area contributed by atoms with E-state index in [-0.39, 0.29) is 12.0 Å². The lowest BCUT2D eigenvalue weighted by molar-refractivity contribution is -0.133. The summed E-state index contributed by atoms with van der Waals surface area (Å²) in [4.78, 5) is 23.6. The van der Waals surface area contributed by atoms with Crippen LogP contribution in [0.15, 0.2) is 12.2 Å². The van der Waals surface area contributed by atoms with E-state index in [1.807, 2.05) is 6.92 Å². The first-order valence-corrected chi connectivity index (χ1v) is 6.52. The SMILES string of the molecule is CCOCCOC1CCN(C(=O)/C=C/C(=O)O)CC1. The van der Waals surface area contributed by atoms with Crippen molar-refractivity contribution in [3.05, 3.63) is 12.2 Å². The summed E-state index contributed by atoms with van der Waals surface area (Å²) >= 11 is 0. The highest BCUT2D eigenvalue weighted by atomic mass is 16.5. The van der Waals surface area contributed by atoms with E-state index >= 15 is 0 Å². The Bertz CT molecular complexity index is 321. The molecule has 1 aliphatic rings. The van der Waals surface area contributed by atoms with E-state index in [9.17, 15) is 9.59 Å². The van der Waals surface area contributed by atoms with Gasteiger partial charge in [0.25, 0.3) is 0 Å². The smallest absolute Gasteiger partial charge is 0.328 e. The minimum Gasteiger partial charge on any atom is -0.478 e. The van der Waals surface area contributed by atoms with Gasteiger partial charge >= 0.3 is 5.97 Å². The molecule has 0 unspecified atom stereocenters. The fourth-order valence-electron chi connectivity index (χ4n) is 1.91. The Labute approximate surface area is 113 Å². The van der Waals surface area contributed by atoms with Gasteiger partial charge in [-0.1, -0.05) is 0 Å². The minimum absolute atomic E-state index is 0.160. The monoisotopic (exact) mass is 271 g/mol. The molecule has 6 heteroatoms. The van der Waals surface area contributed by atoms with Gasteiger partial charge in [-0.25, -0.2) is 4.79 Å². The molecule has 0 aliphatic carbocycles. The first-order valence-electron chi connectivity index (χ1n) is 6.52. The number of ether oxygens (including phenoxy) is 2. The Morgan fingerprint density at radius 1 is 1.26 bits per heavy atom. The van der Waals surface area contributed by atoms with E-state index in [1.54, 1.807) is 4.90 Å². The predicted molar refractivity (Wildman–Crippen MR) is 68.8 cm³/mol. The summed E-state index contributed by atoms with van der Waals surface area (Å²) in [6.07, 6.45) is 3.68.